The Kier molecular flexibility index (Phi) is 3.77. The molecule has 1 aromatic heterocycles. The van der Waals surface area contributed by atoms with Gasteiger partial charge < -0.3 is 10.4 Å². The Morgan fingerprint density at radius 1 is 1.42 bits per heavy atom. The van der Waals surface area contributed by atoms with Gasteiger partial charge in [0.2, 0.25) is 0 Å². The molecule has 1 aliphatic carbocycles. The van der Waals surface area contributed by atoms with E-state index >= 15 is 0 Å². The first kappa shape index (κ1) is 13.8. The van der Waals surface area contributed by atoms with Gasteiger partial charge in [0.05, 0.1) is 17.2 Å². The van der Waals surface area contributed by atoms with Crippen molar-refractivity contribution in [3.63, 3.8) is 0 Å². The van der Waals surface area contributed by atoms with Gasteiger partial charge in [0.1, 0.15) is 11.9 Å². The molecular formula is C15H21N3O. The summed E-state index contributed by atoms with van der Waals surface area (Å²) in [7, 11) is 0. The summed E-state index contributed by atoms with van der Waals surface area (Å²) < 4.78 is 0. The molecule has 1 aromatic rings. The first-order chi connectivity index (χ1) is 8.94. The van der Waals surface area contributed by atoms with Crippen LogP contribution in [0.5, 0.6) is 0 Å². The first-order valence-corrected chi connectivity index (χ1v) is 6.83. The predicted octanol–water partition coefficient (Wildman–Crippen LogP) is 2.40. The maximum atomic E-state index is 9.77. The molecule has 0 fully saturated rings. The third kappa shape index (κ3) is 2.87. The minimum Gasteiger partial charge on any atom is -0.391 e. The van der Waals surface area contributed by atoms with E-state index in [0.29, 0.717) is 11.4 Å². The largest absolute Gasteiger partial charge is 0.391 e. The second-order valence-electron chi connectivity index (χ2n) is 5.83. The van der Waals surface area contributed by atoms with Gasteiger partial charge in [-0.3, -0.25) is 0 Å². The van der Waals surface area contributed by atoms with Crippen LogP contribution in [-0.2, 0) is 12.8 Å². The highest BCUT2D eigenvalue weighted by Crippen LogP contribution is 2.26. The molecular weight excluding hydrogens is 238 g/mol. The number of aliphatic hydroxyl groups is 1. The molecule has 1 heterocycles. The van der Waals surface area contributed by atoms with E-state index in [4.69, 9.17) is 0 Å². The average molecular weight is 259 g/mol. The molecule has 0 saturated carbocycles. The fraction of sp³-hybridized carbons (Fsp3) is 0.600. The quantitative estimate of drug-likeness (QED) is 0.874. The van der Waals surface area contributed by atoms with Crippen LogP contribution in [0.15, 0.2) is 6.07 Å². The Labute approximate surface area is 114 Å². The highest BCUT2D eigenvalue weighted by Gasteiger charge is 2.26. The third-order valence-corrected chi connectivity index (χ3v) is 3.91. The highest BCUT2D eigenvalue weighted by atomic mass is 16.3. The summed E-state index contributed by atoms with van der Waals surface area (Å²) in [5.41, 5.74) is 2.34. The number of aryl methyl sites for hydroxylation is 2. The van der Waals surface area contributed by atoms with Crippen LogP contribution in [0.1, 0.15) is 50.4 Å². The summed E-state index contributed by atoms with van der Waals surface area (Å²) in [6.45, 7) is 5.54. The molecule has 0 radical (unpaired) electrons. The predicted molar refractivity (Wildman–Crippen MR) is 75.0 cm³/mol. The third-order valence-electron chi connectivity index (χ3n) is 3.91. The lowest BCUT2D eigenvalue weighted by molar-refractivity contribution is 0.133. The number of aromatic nitrogens is 1. The molecule has 0 spiro atoms. The zero-order chi connectivity index (χ0) is 14.0. The summed E-state index contributed by atoms with van der Waals surface area (Å²) in [5.74, 6) is 0.592. The van der Waals surface area contributed by atoms with E-state index in [-0.39, 0.29) is 0 Å². The number of hydrogen-bond acceptors (Lipinski definition) is 4. The lowest BCUT2D eigenvalue weighted by atomic mass is 9.94. The number of nitrogens with zero attached hydrogens (tertiary/aromatic N) is 2. The topological polar surface area (TPSA) is 68.9 Å². The van der Waals surface area contributed by atoms with E-state index in [9.17, 15) is 10.4 Å². The van der Waals surface area contributed by atoms with Crippen LogP contribution >= 0.6 is 0 Å². The van der Waals surface area contributed by atoms with Crippen LogP contribution < -0.4 is 5.32 Å². The molecule has 4 nitrogen and oxygen atoms in total. The molecule has 2 rings (SSSR count). The van der Waals surface area contributed by atoms with Gasteiger partial charge in [0.15, 0.2) is 0 Å². The van der Waals surface area contributed by atoms with Crippen LogP contribution in [-0.4, -0.2) is 21.7 Å². The summed E-state index contributed by atoms with van der Waals surface area (Å²) in [5, 5.41) is 22.2. The van der Waals surface area contributed by atoms with Crippen molar-refractivity contribution in [3.05, 3.63) is 22.9 Å². The number of nitrogens with one attached hydrogen (secondary N) is 1. The van der Waals surface area contributed by atoms with Crippen LogP contribution in [0.25, 0.3) is 0 Å². The highest BCUT2D eigenvalue weighted by molar-refractivity contribution is 5.56. The van der Waals surface area contributed by atoms with Crippen molar-refractivity contribution >= 4 is 5.82 Å². The van der Waals surface area contributed by atoms with Crippen molar-refractivity contribution in [2.45, 2.75) is 58.1 Å². The molecule has 1 aliphatic rings. The monoisotopic (exact) mass is 259 g/mol. The Balaban J connectivity index is 2.37. The Morgan fingerprint density at radius 2 is 2.11 bits per heavy atom. The van der Waals surface area contributed by atoms with Crippen LogP contribution in [0.4, 0.5) is 5.82 Å². The van der Waals surface area contributed by atoms with Crippen LogP contribution in [0.3, 0.4) is 0 Å². The van der Waals surface area contributed by atoms with E-state index in [1.807, 2.05) is 19.9 Å². The molecule has 19 heavy (non-hydrogen) atoms. The van der Waals surface area contributed by atoms with E-state index in [1.54, 1.807) is 6.92 Å². The number of nitriles is 1. The lowest BCUT2D eigenvalue weighted by Crippen LogP contribution is -2.42. The van der Waals surface area contributed by atoms with Gasteiger partial charge in [-0.25, -0.2) is 4.98 Å². The average Bonchev–Trinajstić information content (AvgIpc) is 2.37. The minimum atomic E-state index is -0.531. The molecule has 102 valence electrons. The van der Waals surface area contributed by atoms with Crippen molar-refractivity contribution in [2.24, 2.45) is 0 Å². The van der Waals surface area contributed by atoms with Gasteiger partial charge >= 0.3 is 0 Å². The maximum absolute atomic E-state index is 9.77. The Hall–Kier alpha value is -1.60. The fourth-order valence-corrected chi connectivity index (χ4v) is 2.22. The summed E-state index contributed by atoms with van der Waals surface area (Å²) in [6.07, 6.45) is 3.79. The maximum Gasteiger partial charge on any atom is 0.144 e. The van der Waals surface area contributed by atoms with Crippen molar-refractivity contribution < 1.29 is 5.11 Å². The summed E-state index contributed by atoms with van der Waals surface area (Å²) in [6, 6.07) is 4.15. The molecule has 0 bridgehead atoms. The number of hydrogen-bond donors (Lipinski definition) is 2. The van der Waals surface area contributed by atoms with Gasteiger partial charge in [-0.05, 0) is 58.1 Å². The molecule has 2 N–H and O–H groups in total. The fourth-order valence-electron chi connectivity index (χ4n) is 2.22. The van der Waals surface area contributed by atoms with Gasteiger partial charge in [0, 0.05) is 5.69 Å². The normalized spacial score (nSPS) is 16.4. The van der Waals surface area contributed by atoms with E-state index in [2.05, 4.69) is 16.4 Å². The van der Waals surface area contributed by atoms with Crippen molar-refractivity contribution in [3.8, 4) is 6.07 Å². The Bertz CT molecular complexity index is 515. The van der Waals surface area contributed by atoms with E-state index < -0.39 is 11.6 Å². The lowest BCUT2D eigenvalue weighted by Gasteiger charge is -2.31. The van der Waals surface area contributed by atoms with Gasteiger partial charge in [-0.2, -0.15) is 5.26 Å². The van der Waals surface area contributed by atoms with Gasteiger partial charge in [0.25, 0.3) is 0 Å². The smallest absolute Gasteiger partial charge is 0.144 e. The van der Waals surface area contributed by atoms with E-state index in [0.717, 1.165) is 25.0 Å². The molecule has 0 amide bonds. The molecule has 0 aromatic carbocycles. The molecule has 1 atom stereocenters. The molecule has 4 heteroatoms. The zero-order valence-electron chi connectivity index (χ0n) is 11.8. The summed E-state index contributed by atoms with van der Waals surface area (Å²) >= 11 is 0. The van der Waals surface area contributed by atoms with Gasteiger partial charge in [-0.1, -0.05) is 0 Å². The van der Waals surface area contributed by atoms with Crippen LogP contribution in [0, 0.1) is 11.3 Å². The molecule has 1 unspecified atom stereocenters. The SMILES string of the molecule is CC(O)C(C)(C)Nc1nc2c(cc1C#N)CCCC2. The number of rotatable bonds is 3. The first-order valence-electron chi connectivity index (χ1n) is 6.83. The minimum absolute atomic E-state index is 0.512. The number of pyridine rings is 1. The van der Waals surface area contributed by atoms with Crippen LogP contribution in [0.2, 0.25) is 0 Å². The van der Waals surface area contributed by atoms with Crippen molar-refractivity contribution in [1.82, 2.24) is 4.98 Å². The van der Waals surface area contributed by atoms with E-state index in [1.165, 1.54) is 12.0 Å². The molecule has 0 aliphatic heterocycles. The van der Waals surface area contributed by atoms with Gasteiger partial charge in [-0.15, -0.1) is 0 Å². The Morgan fingerprint density at radius 3 is 2.74 bits per heavy atom. The second kappa shape index (κ2) is 5.18. The number of fused-ring (bicyclic) bond motifs is 1. The van der Waals surface area contributed by atoms with Crippen molar-refractivity contribution in [1.29, 1.82) is 5.26 Å². The number of anilines is 1. The zero-order valence-corrected chi connectivity index (χ0v) is 11.8. The second-order valence-corrected chi connectivity index (χ2v) is 5.83. The standard InChI is InChI=1S/C15H21N3O/c1-10(19)15(2,3)18-14-12(9-16)8-11-6-4-5-7-13(11)17-14/h8,10,19H,4-7H2,1-3H3,(H,17,18). The summed E-state index contributed by atoms with van der Waals surface area (Å²) in [4.78, 5) is 4.61. The molecule has 0 saturated heterocycles. The number of aliphatic hydroxyl groups excluding tert-OH is 1. The van der Waals surface area contributed by atoms with Crippen molar-refractivity contribution in [2.75, 3.05) is 5.32 Å².